The molecule has 0 atom stereocenters. The van der Waals surface area contributed by atoms with Crippen LogP contribution in [0.25, 0.3) is 17.0 Å². The van der Waals surface area contributed by atoms with Gasteiger partial charge in [-0.3, -0.25) is 19.1 Å². The minimum atomic E-state index is -0.739. The summed E-state index contributed by atoms with van der Waals surface area (Å²) in [6.45, 7) is 3.35. The van der Waals surface area contributed by atoms with Gasteiger partial charge in [0.05, 0.1) is 33.8 Å². The Morgan fingerprint density at radius 1 is 1.15 bits per heavy atom. The van der Waals surface area contributed by atoms with E-state index in [1.807, 2.05) is 6.92 Å². The first-order chi connectivity index (χ1) is 16.4. The third-order valence-corrected chi connectivity index (χ3v) is 5.41. The van der Waals surface area contributed by atoms with Crippen LogP contribution in [-0.4, -0.2) is 32.0 Å². The second-order valence-electron chi connectivity index (χ2n) is 7.15. The summed E-state index contributed by atoms with van der Waals surface area (Å²) in [5.41, 5.74) is 6.77. The fourth-order valence-corrected chi connectivity index (χ4v) is 3.92. The number of pyridine rings is 1. The molecule has 34 heavy (non-hydrogen) atoms. The van der Waals surface area contributed by atoms with E-state index in [4.69, 9.17) is 33.4 Å². The van der Waals surface area contributed by atoms with Gasteiger partial charge in [-0.25, -0.2) is 9.97 Å². The van der Waals surface area contributed by atoms with Crippen molar-refractivity contribution in [3.63, 3.8) is 0 Å². The first-order valence-electron chi connectivity index (χ1n) is 10.1. The molecule has 174 valence electrons. The molecule has 0 aliphatic heterocycles. The SMILES string of the molecule is CCNCc1cncc(NC(=O)c2c(N)ncn(-c3c(Cl)cc(-c4cnco4)cc3Cl)c2=O)c1. The lowest BCUT2D eigenvalue weighted by Crippen LogP contribution is -2.31. The molecule has 3 heterocycles. The van der Waals surface area contributed by atoms with Gasteiger partial charge in [-0.1, -0.05) is 30.1 Å². The first-order valence-corrected chi connectivity index (χ1v) is 10.9. The van der Waals surface area contributed by atoms with Crippen LogP contribution in [0, 0.1) is 0 Å². The van der Waals surface area contributed by atoms with Crippen LogP contribution in [-0.2, 0) is 6.54 Å². The van der Waals surface area contributed by atoms with Crippen molar-refractivity contribution in [2.45, 2.75) is 13.5 Å². The molecule has 0 fully saturated rings. The molecule has 0 aliphatic rings. The molecular weight excluding hydrogens is 481 g/mol. The molecule has 0 spiro atoms. The Kier molecular flexibility index (Phi) is 6.92. The standard InChI is InChI=1S/C22H19Cl2N7O3/c1-2-26-6-12-3-14(8-27-7-12)30-21(32)18-20(25)29-10-31(22(18)33)19-15(23)4-13(5-16(19)24)17-9-28-11-34-17/h3-5,7-11,26H,2,6,25H2,1H3,(H,30,32). The van der Waals surface area contributed by atoms with Crippen LogP contribution in [0.5, 0.6) is 0 Å². The van der Waals surface area contributed by atoms with Gasteiger partial charge in [0.1, 0.15) is 17.7 Å². The van der Waals surface area contributed by atoms with Crippen LogP contribution in [0.4, 0.5) is 11.5 Å². The highest BCUT2D eigenvalue weighted by Gasteiger charge is 2.22. The van der Waals surface area contributed by atoms with E-state index in [0.717, 1.165) is 23.0 Å². The number of nitrogen functional groups attached to an aromatic ring is 1. The zero-order valence-corrected chi connectivity index (χ0v) is 19.4. The van der Waals surface area contributed by atoms with Gasteiger partial charge in [-0.15, -0.1) is 0 Å². The van der Waals surface area contributed by atoms with Crippen LogP contribution >= 0.6 is 23.2 Å². The second-order valence-corrected chi connectivity index (χ2v) is 7.96. The summed E-state index contributed by atoms with van der Waals surface area (Å²) in [7, 11) is 0. The Balaban J connectivity index is 1.69. The van der Waals surface area contributed by atoms with E-state index >= 15 is 0 Å². The van der Waals surface area contributed by atoms with Crippen molar-refractivity contribution in [3.05, 3.63) is 81.0 Å². The van der Waals surface area contributed by atoms with Crippen LogP contribution in [0.3, 0.4) is 0 Å². The normalized spacial score (nSPS) is 10.9. The summed E-state index contributed by atoms with van der Waals surface area (Å²) in [4.78, 5) is 38.2. The molecule has 4 aromatic rings. The molecule has 0 unspecified atom stereocenters. The summed E-state index contributed by atoms with van der Waals surface area (Å²) in [6.07, 6.45) is 7.08. The van der Waals surface area contributed by atoms with E-state index in [1.54, 1.807) is 24.4 Å². The second kappa shape index (κ2) is 10.0. The maximum Gasteiger partial charge on any atom is 0.273 e. The average molecular weight is 500 g/mol. The number of nitrogens with one attached hydrogen (secondary N) is 2. The molecule has 0 saturated carbocycles. The predicted molar refractivity (Wildman–Crippen MR) is 129 cm³/mol. The van der Waals surface area contributed by atoms with Gasteiger partial charge in [-0.05, 0) is 30.3 Å². The first kappa shape index (κ1) is 23.4. The zero-order chi connectivity index (χ0) is 24.2. The summed E-state index contributed by atoms with van der Waals surface area (Å²) in [6, 6.07) is 4.87. The number of amides is 1. The quantitative estimate of drug-likeness (QED) is 0.350. The summed E-state index contributed by atoms with van der Waals surface area (Å²) >= 11 is 12.9. The topological polar surface area (TPSA) is 141 Å². The fourth-order valence-electron chi connectivity index (χ4n) is 3.25. The number of nitrogens with zero attached hydrogens (tertiary/aromatic N) is 4. The maximum absolute atomic E-state index is 13.3. The average Bonchev–Trinajstić information content (AvgIpc) is 3.34. The third-order valence-electron chi connectivity index (χ3n) is 4.83. The Labute approximate surface area is 203 Å². The predicted octanol–water partition coefficient (Wildman–Crippen LogP) is 3.53. The molecule has 4 rings (SSSR count). The van der Waals surface area contributed by atoms with Gasteiger partial charge in [0, 0.05) is 18.3 Å². The van der Waals surface area contributed by atoms with Crippen LogP contribution < -0.4 is 21.9 Å². The van der Waals surface area contributed by atoms with Crippen LogP contribution in [0.2, 0.25) is 10.0 Å². The lowest BCUT2D eigenvalue weighted by molar-refractivity contribution is 0.102. The zero-order valence-electron chi connectivity index (χ0n) is 17.9. The number of aromatic nitrogens is 4. The van der Waals surface area contributed by atoms with Crippen molar-refractivity contribution in [3.8, 4) is 17.0 Å². The van der Waals surface area contributed by atoms with Gasteiger partial charge in [-0.2, -0.15) is 0 Å². The molecule has 0 saturated heterocycles. The Morgan fingerprint density at radius 3 is 2.59 bits per heavy atom. The minimum absolute atomic E-state index is 0.138. The van der Waals surface area contributed by atoms with Crippen molar-refractivity contribution in [2.24, 2.45) is 0 Å². The van der Waals surface area contributed by atoms with Crippen molar-refractivity contribution in [1.82, 2.24) is 24.8 Å². The number of carbonyl (C=O) groups is 1. The number of oxazole rings is 1. The monoisotopic (exact) mass is 499 g/mol. The highest BCUT2D eigenvalue weighted by atomic mass is 35.5. The highest BCUT2D eigenvalue weighted by Crippen LogP contribution is 2.33. The summed E-state index contributed by atoms with van der Waals surface area (Å²) < 4.78 is 6.33. The number of hydrogen-bond donors (Lipinski definition) is 3. The molecule has 0 aliphatic carbocycles. The molecule has 10 nitrogen and oxygen atoms in total. The number of carbonyl (C=O) groups excluding carboxylic acids is 1. The summed E-state index contributed by atoms with van der Waals surface area (Å²) in [5, 5.41) is 6.09. The van der Waals surface area contributed by atoms with Gasteiger partial charge < -0.3 is 20.8 Å². The molecule has 12 heteroatoms. The van der Waals surface area contributed by atoms with Gasteiger partial charge in [0.15, 0.2) is 12.2 Å². The maximum atomic E-state index is 13.3. The van der Waals surface area contributed by atoms with Gasteiger partial charge >= 0.3 is 0 Å². The van der Waals surface area contributed by atoms with E-state index in [-0.39, 0.29) is 27.1 Å². The van der Waals surface area contributed by atoms with E-state index in [2.05, 4.69) is 25.6 Å². The van der Waals surface area contributed by atoms with Crippen LogP contribution in [0.15, 0.2) is 58.7 Å². The number of anilines is 2. The van der Waals surface area contributed by atoms with Crippen molar-refractivity contribution in [1.29, 1.82) is 0 Å². The molecule has 1 aromatic carbocycles. The van der Waals surface area contributed by atoms with Gasteiger partial charge in [0.25, 0.3) is 11.5 Å². The lowest BCUT2D eigenvalue weighted by Gasteiger charge is -2.14. The Hall–Kier alpha value is -3.73. The molecule has 3 aromatic heterocycles. The van der Waals surface area contributed by atoms with E-state index in [1.165, 1.54) is 18.8 Å². The Bertz CT molecular complexity index is 1380. The highest BCUT2D eigenvalue weighted by molar-refractivity contribution is 6.38. The van der Waals surface area contributed by atoms with Crippen molar-refractivity contribution in [2.75, 3.05) is 17.6 Å². The number of benzene rings is 1. The fraction of sp³-hybridized carbons (Fsp3) is 0.136. The van der Waals surface area contributed by atoms with E-state index < -0.39 is 11.5 Å². The van der Waals surface area contributed by atoms with E-state index in [0.29, 0.717) is 23.6 Å². The molecule has 0 radical (unpaired) electrons. The molecular formula is C22H19Cl2N7O3. The van der Waals surface area contributed by atoms with Crippen LogP contribution in [0.1, 0.15) is 22.8 Å². The van der Waals surface area contributed by atoms with E-state index in [9.17, 15) is 9.59 Å². The molecule has 0 bridgehead atoms. The molecule has 4 N–H and O–H groups in total. The number of halogens is 2. The minimum Gasteiger partial charge on any atom is -0.444 e. The van der Waals surface area contributed by atoms with Crippen molar-refractivity contribution >= 4 is 40.6 Å². The molecule has 1 amide bonds. The largest absolute Gasteiger partial charge is 0.444 e. The number of nitrogens with two attached hydrogens (primary N) is 1. The number of rotatable bonds is 7. The van der Waals surface area contributed by atoms with Crippen molar-refractivity contribution < 1.29 is 9.21 Å². The summed E-state index contributed by atoms with van der Waals surface area (Å²) in [5.74, 6) is -0.526. The third kappa shape index (κ3) is 4.79. The number of hydrogen-bond acceptors (Lipinski definition) is 8. The smallest absolute Gasteiger partial charge is 0.273 e. The Morgan fingerprint density at radius 2 is 1.91 bits per heavy atom. The lowest BCUT2D eigenvalue weighted by atomic mass is 10.1. The van der Waals surface area contributed by atoms with Gasteiger partial charge in [0.2, 0.25) is 0 Å².